The molecule has 1 saturated heterocycles. The van der Waals surface area contributed by atoms with Crippen molar-refractivity contribution in [3.63, 3.8) is 0 Å². The van der Waals surface area contributed by atoms with E-state index in [0.29, 0.717) is 43.2 Å². The molecule has 0 amide bonds. The van der Waals surface area contributed by atoms with Gasteiger partial charge >= 0.3 is 0 Å². The van der Waals surface area contributed by atoms with Crippen molar-refractivity contribution in [1.29, 1.82) is 0 Å². The molecule has 236 valence electrons. The van der Waals surface area contributed by atoms with Crippen LogP contribution in [0.25, 0.3) is 0 Å². The second-order valence-corrected chi connectivity index (χ2v) is 15.7. The fraction of sp³-hybridized carbons (Fsp3) is 0.611. The molecule has 1 spiro atoms. The summed E-state index contributed by atoms with van der Waals surface area (Å²) in [7, 11) is -1.76. The van der Waals surface area contributed by atoms with Crippen LogP contribution < -0.4 is 4.74 Å². The van der Waals surface area contributed by atoms with Crippen molar-refractivity contribution in [3.05, 3.63) is 71.3 Å². The lowest BCUT2D eigenvalue weighted by atomic mass is 9.56. The van der Waals surface area contributed by atoms with Crippen LogP contribution in [-0.2, 0) is 30.7 Å². The second-order valence-electron chi connectivity index (χ2n) is 13.6. The third-order valence-electron chi connectivity index (χ3n) is 10.2. The average molecular weight is 611 g/mol. The minimum absolute atomic E-state index is 0.0290. The quantitative estimate of drug-likeness (QED) is 0.250. The molecule has 0 bridgehead atoms. The van der Waals surface area contributed by atoms with E-state index in [2.05, 4.69) is 33.8 Å². The zero-order valence-electron chi connectivity index (χ0n) is 26.8. The van der Waals surface area contributed by atoms with Crippen molar-refractivity contribution in [2.75, 3.05) is 32.7 Å². The highest BCUT2D eigenvalue weighted by Crippen LogP contribution is 2.55. The van der Waals surface area contributed by atoms with Crippen LogP contribution in [0.1, 0.15) is 58.1 Å². The highest BCUT2D eigenvalue weighted by atomic mass is 32.2. The van der Waals surface area contributed by atoms with Gasteiger partial charge < -0.3 is 18.9 Å². The van der Waals surface area contributed by atoms with E-state index in [4.69, 9.17) is 18.9 Å². The first-order valence-corrected chi connectivity index (χ1v) is 17.6. The van der Waals surface area contributed by atoms with Gasteiger partial charge in [0.15, 0.2) is 15.6 Å². The monoisotopic (exact) mass is 610 g/mol. The Hall–Kier alpha value is -2.19. The normalized spacial score (nSPS) is 26.6. The Labute approximate surface area is 259 Å². The van der Waals surface area contributed by atoms with Gasteiger partial charge in [0.2, 0.25) is 0 Å². The molecule has 2 aromatic carbocycles. The summed E-state index contributed by atoms with van der Waals surface area (Å²) in [5.41, 5.74) is 3.55. The Bertz CT molecular complexity index is 1340. The van der Waals surface area contributed by atoms with Crippen LogP contribution in [0.3, 0.4) is 0 Å². The molecule has 6 atom stereocenters. The smallest absolute Gasteiger partial charge is 0.178 e. The Kier molecular flexibility index (Phi) is 10.1. The van der Waals surface area contributed by atoms with Crippen molar-refractivity contribution in [2.24, 2.45) is 41.4 Å². The van der Waals surface area contributed by atoms with Crippen molar-refractivity contribution < 1.29 is 27.4 Å². The fourth-order valence-corrected chi connectivity index (χ4v) is 9.77. The van der Waals surface area contributed by atoms with Crippen molar-refractivity contribution in [2.45, 2.75) is 71.2 Å². The summed E-state index contributed by atoms with van der Waals surface area (Å²) in [6.07, 6.45) is 5.06. The topological polar surface area (TPSA) is 71.1 Å². The van der Waals surface area contributed by atoms with Crippen LogP contribution in [-0.4, -0.2) is 46.9 Å². The van der Waals surface area contributed by atoms with Gasteiger partial charge in [-0.25, -0.2) is 8.42 Å². The van der Waals surface area contributed by atoms with Gasteiger partial charge in [-0.15, -0.1) is 0 Å². The van der Waals surface area contributed by atoms with Gasteiger partial charge in [0.25, 0.3) is 0 Å². The molecule has 7 heteroatoms. The van der Waals surface area contributed by atoms with Crippen LogP contribution in [0.2, 0.25) is 0 Å². The van der Waals surface area contributed by atoms with E-state index < -0.39 is 15.6 Å². The summed E-state index contributed by atoms with van der Waals surface area (Å²) in [5.74, 6) is 2.11. The van der Waals surface area contributed by atoms with E-state index in [-0.39, 0.29) is 35.3 Å². The number of fused-ring (bicyclic) bond motifs is 1. The molecule has 1 aliphatic heterocycles. The highest BCUT2D eigenvalue weighted by Gasteiger charge is 2.54. The van der Waals surface area contributed by atoms with Crippen LogP contribution in [0, 0.1) is 48.3 Å². The van der Waals surface area contributed by atoms with E-state index in [0.717, 1.165) is 36.1 Å². The summed E-state index contributed by atoms with van der Waals surface area (Å²) in [5, 5.41) is 0. The number of benzene rings is 2. The maximum Gasteiger partial charge on any atom is 0.178 e. The standard InChI is InChI=1S/C36H50O6S/c1-24(2)35(23-43(37,38)30-13-7-25(3)8-14-30)32-18-26(4)17-31-33(19-36(20-34(31)32)41-15-16-42-36)27(5)21-40-22-28-9-11-29(39-6)12-10-28/h7-14,17,24,27,31-35H,15-16,18-23H2,1-6H3/t27-,31-,32-,33+,34+,35-/m1/s1. The maximum atomic E-state index is 13.7. The lowest BCUT2D eigenvalue weighted by molar-refractivity contribution is -0.219. The molecule has 0 unspecified atom stereocenters. The number of allylic oxidation sites excluding steroid dienone is 2. The molecular weight excluding hydrogens is 560 g/mol. The SMILES string of the molecule is COc1ccc(COC[C@@H](C)[C@@H]2CC3(C[C@H]4[C@@H]2C=C(C)C[C@H]4[C@H](CS(=O)(=O)c2ccc(C)cc2)C(C)C)OCCO3)cc1. The van der Waals surface area contributed by atoms with Crippen LogP contribution in [0.4, 0.5) is 0 Å². The predicted molar refractivity (Wildman–Crippen MR) is 170 cm³/mol. The molecule has 1 heterocycles. The molecule has 0 N–H and O–H groups in total. The first kappa shape index (κ1) is 32.2. The highest BCUT2D eigenvalue weighted by molar-refractivity contribution is 7.91. The summed E-state index contributed by atoms with van der Waals surface area (Å²) in [6.45, 7) is 13.3. The lowest BCUT2D eigenvalue weighted by Gasteiger charge is -2.53. The van der Waals surface area contributed by atoms with Crippen molar-refractivity contribution in [1.82, 2.24) is 0 Å². The van der Waals surface area contributed by atoms with Crippen LogP contribution >= 0.6 is 0 Å². The van der Waals surface area contributed by atoms with E-state index in [1.165, 1.54) is 5.57 Å². The number of ether oxygens (including phenoxy) is 4. The fourth-order valence-electron chi connectivity index (χ4n) is 7.89. The van der Waals surface area contributed by atoms with Crippen LogP contribution in [0.15, 0.2) is 65.1 Å². The molecule has 43 heavy (non-hydrogen) atoms. The molecule has 1 saturated carbocycles. The molecule has 6 nitrogen and oxygen atoms in total. The van der Waals surface area contributed by atoms with E-state index in [1.54, 1.807) is 19.2 Å². The van der Waals surface area contributed by atoms with E-state index in [9.17, 15) is 8.42 Å². The van der Waals surface area contributed by atoms with E-state index >= 15 is 0 Å². The zero-order chi connectivity index (χ0) is 30.8. The number of sulfone groups is 1. The minimum atomic E-state index is -3.44. The molecule has 0 radical (unpaired) electrons. The molecule has 0 aromatic heterocycles. The summed E-state index contributed by atoms with van der Waals surface area (Å²) >= 11 is 0. The summed E-state index contributed by atoms with van der Waals surface area (Å²) in [4.78, 5) is 0.423. The maximum absolute atomic E-state index is 13.7. The molecule has 2 aliphatic carbocycles. The van der Waals surface area contributed by atoms with Gasteiger partial charge in [-0.2, -0.15) is 0 Å². The Morgan fingerprint density at radius 1 is 0.930 bits per heavy atom. The predicted octanol–water partition coefficient (Wildman–Crippen LogP) is 7.25. The summed E-state index contributed by atoms with van der Waals surface area (Å²) < 4.78 is 51.8. The van der Waals surface area contributed by atoms with Crippen molar-refractivity contribution in [3.8, 4) is 5.75 Å². The third kappa shape index (κ3) is 7.38. The molecule has 3 aliphatic rings. The first-order valence-electron chi connectivity index (χ1n) is 16.0. The third-order valence-corrected chi connectivity index (χ3v) is 12.0. The molecule has 5 rings (SSSR count). The summed E-state index contributed by atoms with van der Waals surface area (Å²) in [6, 6.07) is 15.3. The average Bonchev–Trinajstić information content (AvgIpc) is 3.43. The van der Waals surface area contributed by atoms with Gasteiger partial charge in [0.05, 0.1) is 37.6 Å². The Morgan fingerprint density at radius 2 is 1.60 bits per heavy atom. The van der Waals surface area contributed by atoms with Gasteiger partial charge in [-0.1, -0.05) is 62.2 Å². The minimum Gasteiger partial charge on any atom is -0.497 e. The largest absolute Gasteiger partial charge is 0.497 e. The first-order chi connectivity index (χ1) is 20.5. The molecule has 2 fully saturated rings. The Balaban J connectivity index is 1.38. The van der Waals surface area contributed by atoms with Crippen molar-refractivity contribution >= 4 is 9.84 Å². The lowest BCUT2D eigenvalue weighted by Crippen LogP contribution is -2.52. The molecule has 2 aromatic rings. The Morgan fingerprint density at radius 3 is 2.23 bits per heavy atom. The number of hydrogen-bond donors (Lipinski definition) is 0. The van der Waals surface area contributed by atoms with Crippen LogP contribution in [0.5, 0.6) is 5.75 Å². The van der Waals surface area contributed by atoms with Gasteiger partial charge in [0.1, 0.15) is 5.75 Å². The number of hydrogen-bond acceptors (Lipinski definition) is 6. The number of aryl methyl sites for hydroxylation is 1. The van der Waals surface area contributed by atoms with E-state index in [1.807, 2.05) is 43.3 Å². The molecular formula is C36H50O6S. The second kappa shape index (κ2) is 13.4. The number of rotatable bonds is 11. The van der Waals surface area contributed by atoms with Gasteiger partial charge in [0, 0.05) is 19.4 Å². The zero-order valence-corrected chi connectivity index (χ0v) is 27.6. The number of methoxy groups -OCH3 is 1. The van der Waals surface area contributed by atoms with Gasteiger partial charge in [-0.05, 0) is 91.5 Å². The van der Waals surface area contributed by atoms with Gasteiger partial charge in [-0.3, -0.25) is 0 Å².